The highest BCUT2D eigenvalue weighted by Gasteiger charge is 2.27. The Hall–Kier alpha value is -3.44. The molecule has 0 aromatic heterocycles. The lowest BCUT2D eigenvalue weighted by Gasteiger charge is -2.32. The molecule has 0 aromatic carbocycles. The Balaban J connectivity index is 0.000000722. The van der Waals surface area contributed by atoms with E-state index in [1.54, 1.807) is 12.2 Å². The first-order chi connectivity index (χ1) is 18.2. The van der Waals surface area contributed by atoms with E-state index in [9.17, 15) is 4.79 Å². The van der Waals surface area contributed by atoms with E-state index in [1.165, 1.54) is 73.0 Å². The number of hydrogen-bond donors (Lipinski definition) is 0. The molecular formula is C37H51NO. The summed E-state index contributed by atoms with van der Waals surface area (Å²) < 4.78 is 0. The molecule has 210 valence electrons. The minimum Gasteiger partial charge on any atom is -0.299 e. The summed E-state index contributed by atoms with van der Waals surface area (Å²) >= 11 is 0. The number of allylic oxidation sites excluding steroid dienone is 20. The minimum atomic E-state index is 0. The molecule has 0 saturated heterocycles. The molecule has 0 amide bonds. The molecule has 2 heteroatoms. The summed E-state index contributed by atoms with van der Waals surface area (Å²) in [6.45, 7) is 13.8. The Morgan fingerprint density at radius 1 is 0.615 bits per heavy atom. The Bertz CT molecular complexity index is 1100. The van der Waals surface area contributed by atoms with Gasteiger partial charge in [0, 0.05) is 6.08 Å². The Morgan fingerprint density at radius 2 is 0.974 bits per heavy atom. The van der Waals surface area contributed by atoms with Crippen molar-refractivity contribution in [2.24, 2.45) is 10.8 Å². The minimum absolute atomic E-state index is 0. The second-order valence-electron chi connectivity index (χ2n) is 11.1. The molecule has 2 rings (SSSR count). The smallest absolute Gasteiger partial charge is 0.142 e. The normalized spacial score (nSPS) is 19.7. The molecule has 2 nitrogen and oxygen atoms in total. The first-order valence-electron chi connectivity index (χ1n) is 13.7. The van der Waals surface area contributed by atoms with Crippen molar-refractivity contribution in [3.63, 3.8) is 0 Å². The lowest BCUT2D eigenvalue weighted by atomic mass is 9.72. The molecule has 0 bridgehead atoms. The maximum atomic E-state index is 10.1. The number of rotatable bonds is 9. The maximum absolute atomic E-state index is 10.1. The van der Waals surface area contributed by atoms with Crippen molar-refractivity contribution in [3.8, 4) is 6.07 Å². The van der Waals surface area contributed by atoms with Crippen molar-refractivity contribution in [1.82, 2.24) is 0 Å². The monoisotopic (exact) mass is 525 g/mol. The van der Waals surface area contributed by atoms with E-state index in [1.807, 2.05) is 54.7 Å². The van der Waals surface area contributed by atoms with E-state index in [-0.39, 0.29) is 7.43 Å². The molecule has 39 heavy (non-hydrogen) atoms. The van der Waals surface area contributed by atoms with Gasteiger partial charge in [-0.2, -0.15) is 5.26 Å². The molecule has 0 fully saturated rings. The van der Waals surface area contributed by atoms with Crippen LogP contribution in [0, 0.1) is 22.2 Å². The fourth-order valence-electron chi connectivity index (χ4n) is 5.05. The zero-order valence-corrected chi connectivity index (χ0v) is 24.4. The molecule has 0 N–H and O–H groups in total. The molecule has 2 aliphatic rings. The quantitative estimate of drug-likeness (QED) is 0.130. The van der Waals surface area contributed by atoms with Crippen molar-refractivity contribution in [1.29, 1.82) is 5.26 Å². The highest BCUT2D eigenvalue weighted by molar-refractivity contribution is 5.65. The van der Waals surface area contributed by atoms with Crippen molar-refractivity contribution in [3.05, 3.63) is 120 Å². The summed E-state index contributed by atoms with van der Waals surface area (Å²) in [5, 5.41) is 8.32. The van der Waals surface area contributed by atoms with E-state index < -0.39 is 0 Å². The van der Waals surface area contributed by atoms with Crippen LogP contribution in [0.2, 0.25) is 0 Å². The van der Waals surface area contributed by atoms with Gasteiger partial charge in [0.05, 0.1) is 6.07 Å². The van der Waals surface area contributed by atoms with Crippen LogP contribution in [0.3, 0.4) is 0 Å². The number of nitriles is 1. The largest absolute Gasteiger partial charge is 0.299 e. The average molecular weight is 526 g/mol. The third kappa shape index (κ3) is 14.3. The molecule has 0 aliphatic heterocycles. The van der Waals surface area contributed by atoms with Crippen molar-refractivity contribution in [2.75, 3.05) is 0 Å². The topological polar surface area (TPSA) is 40.9 Å². The van der Waals surface area contributed by atoms with Gasteiger partial charge in [-0.1, -0.05) is 131 Å². The lowest BCUT2D eigenvalue weighted by molar-refractivity contribution is -0.104. The second kappa shape index (κ2) is 19.6. The van der Waals surface area contributed by atoms with E-state index in [0.29, 0.717) is 10.8 Å². The first kappa shape index (κ1) is 35.6. The van der Waals surface area contributed by atoms with Gasteiger partial charge >= 0.3 is 0 Å². The van der Waals surface area contributed by atoms with Crippen LogP contribution in [0.1, 0.15) is 87.5 Å². The van der Waals surface area contributed by atoms with Crippen LogP contribution in [0.15, 0.2) is 120 Å². The van der Waals surface area contributed by atoms with E-state index in [2.05, 4.69) is 65.8 Å². The molecule has 0 unspecified atom stereocenters. The predicted octanol–water partition coefficient (Wildman–Crippen LogP) is 10.8. The number of carbonyl (C=O) groups is 1. The van der Waals surface area contributed by atoms with E-state index >= 15 is 0 Å². The molecular weight excluding hydrogens is 474 g/mol. The molecule has 0 heterocycles. The zero-order valence-electron chi connectivity index (χ0n) is 24.4. The zero-order chi connectivity index (χ0) is 28.3. The summed E-state index contributed by atoms with van der Waals surface area (Å²) in [5.41, 5.74) is 6.61. The molecule has 0 aromatic rings. The van der Waals surface area contributed by atoms with Gasteiger partial charge in [-0.25, -0.2) is 0 Å². The summed E-state index contributed by atoms with van der Waals surface area (Å²) in [6, 6.07) is 1.95. The van der Waals surface area contributed by atoms with Gasteiger partial charge in [-0.15, -0.1) is 0 Å². The highest BCUT2D eigenvalue weighted by Crippen LogP contribution is 2.41. The fraction of sp³-hybridized carbons (Fsp3) is 0.405. The third-order valence-corrected chi connectivity index (χ3v) is 7.08. The van der Waals surface area contributed by atoms with E-state index in [0.717, 1.165) is 6.29 Å². The van der Waals surface area contributed by atoms with Crippen LogP contribution in [-0.4, -0.2) is 6.29 Å². The van der Waals surface area contributed by atoms with Gasteiger partial charge in [-0.3, -0.25) is 4.79 Å². The van der Waals surface area contributed by atoms with Crippen LogP contribution >= 0.6 is 0 Å². The van der Waals surface area contributed by atoms with Crippen LogP contribution < -0.4 is 0 Å². The summed E-state index contributed by atoms with van der Waals surface area (Å²) in [5.74, 6) is 0. The number of hydrogen-bond acceptors (Lipinski definition) is 2. The van der Waals surface area contributed by atoms with Gasteiger partial charge in [0.15, 0.2) is 0 Å². The van der Waals surface area contributed by atoms with Crippen LogP contribution in [0.5, 0.6) is 0 Å². The number of carbonyl (C=O) groups excluding carboxylic acids is 1. The van der Waals surface area contributed by atoms with Gasteiger partial charge < -0.3 is 0 Å². The Kier molecular flexibility index (Phi) is 17.9. The standard InChI is InChI=1S/C18H23N.C18H24O.CH4/c2*1-16-12-11-14-18(2,3)17(16)13-9-7-5-4-6-8-10-15-19;/h4-10,13H,11-12,14H2,1-3H3;4-10,13,15H,11-12,14H2,1-3H3;1H4/b2*6-4+,7-5+,10-8+,13-9+;. The van der Waals surface area contributed by atoms with Crippen molar-refractivity contribution in [2.45, 2.75) is 87.5 Å². The van der Waals surface area contributed by atoms with Crippen molar-refractivity contribution >= 4 is 6.29 Å². The third-order valence-electron chi connectivity index (χ3n) is 7.08. The highest BCUT2D eigenvalue weighted by atomic mass is 16.1. The fourth-order valence-corrected chi connectivity index (χ4v) is 5.05. The Labute approximate surface area is 240 Å². The van der Waals surface area contributed by atoms with Crippen molar-refractivity contribution < 1.29 is 4.79 Å². The van der Waals surface area contributed by atoms with Crippen LogP contribution in [0.4, 0.5) is 0 Å². The summed E-state index contributed by atoms with van der Waals surface area (Å²) in [6.07, 6.45) is 38.9. The van der Waals surface area contributed by atoms with Crippen LogP contribution in [0.25, 0.3) is 0 Å². The van der Waals surface area contributed by atoms with Gasteiger partial charge in [0.1, 0.15) is 6.29 Å². The molecule has 0 radical (unpaired) electrons. The molecule has 2 aliphatic carbocycles. The van der Waals surface area contributed by atoms with Gasteiger partial charge in [-0.05, 0) is 80.4 Å². The molecule has 0 atom stereocenters. The average Bonchev–Trinajstić information content (AvgIpc) is 2.85. The first-order valence-corrected chi connectivity index (χ1v) is 13.7. The molecule has 0 saturated carbocycles. The number of aldehydes is 1. The maximum Gasteiger partial charge on any atom is 0.142 e. The van der Waals surface area contributed by atoms with Crippen LogP contribution in [-0.2, 0) is 4.79 Å². The SMILES string of the molecule is C.CC1=C(/C=C/C=C/C=C/C=C/C#N)C(C)(C)CCC1.CC1=C(/C=C/C=C/C=C/C=C/C=O)C(C)(C)CCC1. The lowest BCUT2D eigenvalue weighted by Crippen LogP contribution is -2.18. The molecule has 0 spiro atoms. The predicted molar refractivity (Wildman–Crippen MR) is 172 cm³/mol. The van der Waals surface area contributed by atoms with Gasteiger partial charge in [0.25, 0.3) is 0 Å². The number of nitrogens with zero attached hydrogens (tertiary/aromatic N) is 1. The van der Waals surface area contributed by atoms with Gasteiger partial charge in [0.2, 0.25) is 0 Å². The summed E-state index contributed by atoms with van der Waals surface area (Å²) in [7, 11) is 0. The Morgan fingerprint density at radius 3 is 1.33 bits per heavy atom. The van der Waals surface area contributed by atoms with E-state index in [4.69, 9.17) is 5.26 Å². The summed E-state index contributed by atoms with van der Waals surface area (Å²) in [4.78, 5) is 10.1. The second-order valence-corrected chi connectivity index (χ2v) is 11.1.